The second kappa shape index (κ2) is 6.94. The average molecular weight is 386 g/mol. The monoisotopic (exact) mass is 385 g/mol. The van der Waals surface area contributed by atoms with E-state index in [0.717, 1.165) is 24.6 Å². The molecule has 2 saturated heterocycles. The van der Waals surface area contributed by atoms with E-state index in [1.807, 2.05) is 6.07 Å². The van der Waals surface area contributed by atoms with Gasteiger partial charge in [-0.3, -0.25) is 4.90 Å². The predicted octanol–water partition coefficient (Wildman–Crippen LogP) is 4.42. The Morgan fingerprint density at radius 2 is 2.11 bits per heavy atom. The maximum absolute atomic E-state index is 11.6. The number of fused-ring (bicyclic) bond motifs is 3. The lowest BCUT2D eigenvalue weighted by atomic mass is 9.40. The molecule has 5 rings (SSSR count). The summed E-state index contributed by atoms with van der Waals surface area (Å²) in [5.74, 6) is 0.801. The Labute approximate surface area is 167 Å². The lowest BCUT2D eigenvalue weighted by Crippen LogP contribution is -2.79. The Hall–Kier alpha value is -1.75. The van der Waals surface area contributed by atoms with Gasteiger partial charge in [0.2, 0.25) is 6.79 Å². The number of ether oxygens (including phenoxy) is 3. The first-order valence-electron chi connectivity index (χ1n) is 11.0. The van der Waals surface area contributed by atoms with Gasteiger partial charge in [-0.1, -0.05) is 32.3 Å². The van der Waals surface area contributed by atoms with Crippen LogP contribution in [0.15, 0.2) is 18.2 Å². The summed E-state index contributed by atoms with van der Waals surface area (Å²) in [5.41, 5.74) is 3.84. The van der Waals surface area contributed by atoms with E-state index in [1.165, 1.54) is 62.7 Å². The molecular weight excluding hydrogens is 354 g/mol. The molecule has 0 radical (unpaired) electrons. The zero-order valence-electron chi connectivity index (χ0n) is 16.9. The van der Waals surface area contributed by atoms with Crippen LogP contribution in [0.3, 0.4) is 0 Å². The number of hydrogen-bond donors (Lipinski definition) is 0. The Kier molecular flexibility index (Phi) is 4.53. The van der Waals surface area contributed by atoms with Crippen molar-refractivity contribution in [3.63, 3.8) is 0 Å². The minimum absolute atomic E-state index is 0.0989. The van der Waals surface area contributed by atoms with Crippen molar-refractivity contribution in [1.82, 2.24) is 4.90 Å². The van der Waals surface area contributed by atoms with Crippen molar-refractivity contribution in [2.45, 2.75) is 69.7 Å². The summed E-state index contributed by atoms with van der Waals surface area (Å²) in [6, 6.07) is 7.27. The van der Waals surface area contributed by atoms with E-state index in [9.17, 15) is 4.79 Å². The highest BCUT2D eigenvalue weighted by molar-refractivity contribution is 5.59. The molecule has 5 nitrogen and oxygen atoms in total. The Bertz CT molecular complexity index is 757. The van der Waals surface area contributed by atoms with E-state index in [1.54, 1.807) is 0 Å². The number of nitrogens with zero attached hydrogens (tertiary/aromatic N) is 1. The molecule has 2 bridgehead atoms. The zero-order chi connectivity index (χ0) is 19.2. The molecule has 152 valence electrons. The van der Waals surface area contributed by atoms with Gasteiger partial charge in [-0.05, 0) is 61.9 Å². The third-order valence-electron chi connectivity index (χ3n) is 7.95. The Morgan fingerprint density at radius 3 is 3.00 bits per heavy atom. The van der Waals surface area contributed by atoms with Gasteiger partial charge >= 0.3 is 6.16 Å². The van der Waals surface area contributed by atoms with Crippen LogP contribution < -0.4 is 4.74 Å². The van der Waals surface area contributed by atoms with Gasteiger partial charge in [0.1, 0.15) is 5.75 Å². The molecule has 1 unspecified atom stereocenters. The molecule has 1 aromatic rings. The first kappa shape index (κ1) is 18.3. The molecule has 0 aromatic heterocycles. The topological polar surface area (TPSA) is 48.0 Å². The molecule has 4 aliphatic rings. The maximum Gasteiger partial charge on any atom is 0.511 e. The summed E-state index contributed by atoms with van der Waals surface area (Å²) < 4.78 is 15.8. The third-order valence-corrected chi connectivity index (χ3v) is 7.95. The van der Waals surface area contributed by atoms with E-state index in [0.29, 0.717) is 17.4 Å². The number of piperidine rings is 2. The summed E-state index contributed by atoms with van der Waals surface area (Å²) in [5, 5.41) is 0. The third kappa shape index (κ3) is 2.58. The molecule has 2 heterocycles. The van der Waals surface area contributed by atoms with Crippen LogP contribution in [0.1, 0.15) is 63.0 Å². The van der Waals surface area contributed by atoms with E-state index in [-0.39, 0.29) is 6.79 Å². The fraction of sp³-hybridized carbons (Fsp3) is 0.696. The highest BCUT2D eigenvalue weighted by atomic mass is 16.8. The van der Waals surface area contributed by atoms with Gasteiger partial charge in [0.05, 0.1) is 6.61 Å². The van der Waals surface area contributed by atoms with Crippen LogP contribution in [-0.2, 0) is 21.3 Å². The van der Waals surface area contributed by atoms with Crippen molar-refractivity contribution in [3.8, 4) is 5.75 Å². The fourth-order valence-corrected chi connectivity index (χ4v) is 6.66. The van der Waals surface area contributed by atoms with Gasteiger partial charge in [0, 0.05) is 23.4 Å². The number of carbonyl (C=O) groups excluding carboxylic acids is 1. The second-order valence-corrected chi connectivity index (χ2v) is 9.06. The Morgan fingerprint density at radius 1 is 1.21 bits per heavy atom. The van der Waals surface area contributed by atoms with Gasteiger partial charge in [-0.25, -0.2) is 4.79 Å². The molecule has 0 N–H and O–H groups in total. The van der Waals surface area contributed by atoms with E-state index >= 15 is 0 Å². The summed E-state index contributed by atoms with van der Waals surface area (Å²) in [6.45, 7) is 4.88. The lowest BCUT2D eigenvalue weighted by molar-refractivity contribution is -0.198. The zero-order valence-corrected chi connectivity index (χ0v) is 16.9. The molecule has 0 amide bonds. The Balaban J connectivity index is 1.31. The smallest absolute Gasteiger partial charge is 0.457 e. The van der Waals surface area contributed by atoms with Crippen molar-refractivity contribution >= 4 is 6.16 Å². The first-order valence-corrected chi connectivity index (χ1v) is 11.0. The van der Waals surface area contributed by atoms with Gasteiger partial charge < -0.3 is 14.2 Å². The first-order chi connectivity index (χ1) is 13.7. The maximum atomic E-state index is 11.6. The van der Waals surface area contributed by atoms with Crippen LogP contribution in [0.5, 0.6) is 5.75 Å². The molecule has 1 spiro atoms. The molecule has 28 heavy (non-hydrogen) atoms. The van der Waals surface area contributed by atoms with Crippen molar-refractivity contribution in [3.05, 3.63) is 29.3 Å². The number of unbranched alkanes of at least 4 members (excludes halogenated alkanes) is 1. The normalized spacial score (nSPS) is 34.5. The van der Waals surface area contributed by atoms with Crippen LogP contribution in [0.2, 0.25) is 0 Å². The van der Waals surface area contributed by atoms with Crippen LogP contribution >= 0.6 is 0 Å². The van der Waals surface area contributed by atoms with E-state index in [4.69, 9.17) is 14.2 Å². The van der Waals surface area contributed by atoms with Crippen molar-refractivity contribution in [1.29, 1.82) is 0 Å². The molecule has 3 fully saturated rings. The fourth-order valence-electron chi connectivity index (χ4n) is 6.66. The SMILES string of the molecule is CCCCOC(=O)OCOc1ccc2c(c1)[C@]13CCCC[C@@]14CN(CC3)[C@H]4C2. The minimum atomic E-state index is -0.652. The highest BCUT2D eigenvalue weighted by Crippen LogP contribution is 2.68. The summed E-state index contributed by atoms with van der Waals surface area (Å²) >= 11 is 0. The molecular formula is C23H31NO4. The number of benzene rings is 1. The van der Waals surface area contributed by atoms with Gasteiger partial charge in [-0.2, -0.15) is 0 Å². The van der Waals surface area contributed by atoms with Crippen LogP contribution in [0, 0.1) is 5.41 Å². The van der Waals surface area contributed by atoms with Crippen molar-refractivity contribution in [2.24, 2.45) is 5.41 Å². The van der Waals surface area contributed by atoms with Crippen LogP contribution in [-0.4, -0.2) is 43.6 Å². The van der Waals surface area contributed by atoms with Gasteiger partial charge in [-0.15, -0.1) is 0 Å². The van der Waals surface area contributed by atoms with Crippen molar-refractivity contribution in [2.75, 3.05) is 26.5 Å². The molecule has 4 atom stereocenters. The second-order valence-electron chi connectivity index (χ2n) is 9.06. The van der Waals surface area contributed by atoms with Crippen molar-refractivity contribution < 1.29 is 19.0 Å². The van der Waals surface area contributed by atoms with Crippen LogP contribution in [0.4, 0.5) is 4.79 Å². The molecule has 1 saturated carbocycles. The quantitative estimate of drug-likeness (QED) is 0.412. The standard InChI is InChI=1S/C23H31NO4/c1-2-3-12-26-21(25)28-16-27-18-7-6-17-13-20-23-9-5-4-8-22(23,19(17)14-18)10-11-24(20)15-23/h6-7,14,20H,2-5,8-13,15-16H2,1H3/t20-,22+,23-/m0/s1. The van der Waals surface area contributed by atoms with Crippen LogP contribution in [0.25, 0.3) is 0 Å². The molecule has 5 heteroatoms. The van der Waals surface area contributed by atoms with Gasteiger partial charge in [0.15, 0.2) is 0 Å². The number of rotatable bonds is 6. The summed E-state index contributed by atoms with van der Waals surface area (Å²) in [7, 11) is 0. The molecule has 2 aliphatic heterocycles. The highest BCUT2D eigenvalue weighted by Gasteiger charge is 2.69. The summed E-state index contributed by atoms with van der Waals surface area (Å²) in [6.07, 6.45) is 9.05. The average Bonchev–Trinajstić information content (AvgIpc) is 2.71. The minimum Gasteiger partial charge on any atom is -0.457 e. The largest absolute Gasteiger partial charge is 0.511 e. The van der Waals surface area contributed by atoms with Gasteiger partial charge in [0.25, 0.3) is 0 Å². The summed E-state index contributed by atoms with van der Waals surface area (Å²) in [4.78, 5) is 14.3. The van der Waals surface area contributed by atoms with E-state index in [2.05, 4.69) is 24.0 Å². The lowest BCUT2D eigenvalue weighted by Gasteiger charge is -2.74. The van der Waals surface area contributed by atoms with E-state index < -0.39 is 6.16 Å². The number of hydrogen-bond acceptors (Lipinski definition) is 5. The number of carbonyl (C=O) groups is 1. The molecule has 2 aliphatic carbocycles. The predicted molar refractivity (Wildman–Crippen MR) is 106 cm³/mol. The molecule has 1 aromatic carbocycles.